The van der Waals surface area contributed by atoms with Crippen molar-refractivity contribution >= 4 is 12.4 Å². The molecule has 0 N–H and O–H groups in total. The Bertz CT molecular complexity index is 644. The molecule has 177 valence electrons. The SMILES string of the molecule is CC.CC.CCCc1cc(OCc2ccccc2)n(CC2(OC)CCCC2)n1.Cl.[CH3-].[Y]. The standard InChI is InChI=1S/C20H28N2O2.2C2H6.CH3.ClH.Y/c1-3-9-18-14-19(24-15-17-10-5-4-6-11-17)22(21-18)16-20(23-2)12-7-8-13-20;2*1-2;;;/h4-6,10-11,14H,3,7-9,12-13,15-16H2,1-2H3;2*1-2H3;1H3;1H;/q;;;-1;;. The summed E-state index contributed by atoms with van der Waals surface area (Å²) in [5, 5.41) is 4.78. The molecule has 1 aromatic heterocycles. The number of aryl methyl sites for hydroxylation is 1. The van der Waals surface area contributed by atoms with Gasteiger partial charge in [-0.05, 0) is 24.8 Å². The maximum Gasteiger partial charge on any atom is 0.212 e. The smallest absolute Gasteiger partial charge is 0.212 e. The second-order valence-corrected chi connectivity index (χ2v) is 6.75. The zero-order valence-electron chi connectivity index (χ0n) is 20.8. The number of rotatable bonds is 8. The molecule has 0 atom stereocenters. The maximum absolute atomic E-state index is 6.09. The second kappa shape index (κ2) is 20.2. The average molecular weight is 529 g/mol. The zero-order chi connectivity index (χ0) is 20.8. The van der Waals surface area contributed by atoms with Gasteiger partial charge in [-0.25, -0.2) is 4.68 Å². The van der Waals surface area contributed by atoms with Gasteiger partial charge in [0, 0.05) is 45.9 Å². The first-order valence-electron chi connectivity index (χ1n) is 11.0. The van der Waals surface area contributed by atoms with E-state index in [0.717, 1.165) is 43.8 Å². The summed E-state index contributed by atoms with van der Waals surface area (Å²) in [4.78, 5) is 0. The Morgan fingerprint density at radius 3 is 2.13 bits per heavy atom. The topological polar surface area (TPSA) is 36.3 Å². The first-order valence-corrected chi connectivity index (χ1v) is 11.0. The molecular formula is C25H44ClN2O2Y-. The first kappa shape index (κ1) is 35.2. The number of methoxy groups -OCH3 is 1. The van der Waals surface area contributed by atoms with Crippen LogP contribution in [-0.4, -0.2) is 22.5 Å². The molecule has 1 fully saturated rings. The minimum Gasteiger partial charge on any atom is -0.473 e. The number of hydrogen-bond donors (Lipinski definition) is 0. The van der Waals surface area contributed by atoms with E-state index in [-0.39, 0.29) is 58.1 Å². The Kier molecular flexibility index (Phi) is 22.9. The van der Waals surface area contributed by atoms with Gasteiger partial charge in [-0.15, -0.1) is 12.4 Å². The molecule has 0 saturated heterocycles. The molecule has 1 saturated carbocycles. The van der Waals surface area contributed by atoms with E-state index in [1.165, 1.54) is 18.4 Å². The molecule has 31 heavy (non-hydrogen) atoms. The fourth-order valence-corrected chi connectivity index (χ4v) is 3.51. The summed E-state index contributed by atoms with van der Waals surface area (Å²) in [6.45, 7) is 11.5. The third-order valence-corrected chi connectivity index (χ3v) is 4.92. The van der Waals surface area contributed by atoms with Crippen LogP contribution in [0.5, 0.6) is 5.88 Å². The Morgan fingerprint density at radius 1 is 1.03 bits per heavy atom. The van der Waals surface area contributed by atoms with E-state index in [1.54, 1.807) is 0 Å². The molecule has 3 rings (SSSR count). The van der Waals surface area contributed by atoms with Crippen LogP contribution in [0.4, 0.5) is 0 Å². The molecule has 0 aliphatic heterocycles. The number of nitrogens with zero attached hydrogens (tertiary/aromatic N) is 2. The summed E-state index contributed by atoms with van der Waals surface area (Å²) >= 11 is 0. The Hall–Kier alpha value is -0.416. The van der Waals surface area contributed by atoms with Crippen LogP contribution >= 0.6 is 12.4 Å². The predicted molar refractivity (Wildman–Crippen MR) is 132 cm³/mol. The molecule has 1 aromatic carbocycles. The Balaban J connectivity index is -0.00000106. The van der Waals surface area contributed by atoms with Crippen LogP contribution in [0.3, 0.4) is 0 Å². The van der Waals surface area contributed by atoms with Gasteiger partial charge in [0.2, 0.25) is 5.88 Å². The van der Waals surface area contributed by atoms with Gasteiger partial charge in [-0.2, -0.15) is 5.10 Å². The molecule has 0 spiro atoms. The molecular weight excluding hydrogens is 485 g/mol. The van der Waals surface area contributed by atoms with E-state index in [0.29, 0.717) is 6.61 Å². The normalized spacial score (nSPS) is 13.1. The van der Waals surface area contributed by atoms with Crippen LogP contribution in [0, 0.1) is 7.43 Å². The van der Waals surface area contributed by atoms with Crippen LogP contribution in [-0.2, 0) is 57.0 Å². The van der Waals surface area contributed by atoms with Crippen LogP contribution in [0.15, 0.2) is 36.4 Å². The molecule has 6 heteroatoms. The second-order valence-electron chi connectivity index (χ2n) is 6.75. The van der Waals surface area contributed by atoms with Gasteiger partial charge < -0.3 is 16.9 Å². The van der Waals surface area contributed by atoms with Gasteiger partial charge in [0.15, 0.2) is 0 Å². The molecule has 1 radical (unpaired) electrons. The van der Waals surface area contributed by atoms with Crippen molar-refractivity contribution < 1.29 is 42.2 Å². The van der Waals surface area contributed by atoms with Crippen molar-refractivity contribution in [3.63, 3.8) is 0 Å². The number of benzene rings is 1. The van der Waals surface area contributed by atoms with Gasteiger partial charge in [-0.3, -0.25) is 0 Å². The van der Waals surface area contributed by atoms with Gasteiger partial charge in [0.1, 0.15) is 6.61 Å². The summed E-state index contributed by atoms with van der Waals surface area (Å²) in [6.07, 6.45) is 6.74. The minimum atomic E-state index is -0.0830. The van der Waals surface area contributed by atoms with Gasteiger partial charge >= 0.3 is 0 Å². The number of ether oxygens (including phenoxy) is 2. The van der Waals surface area contributed by atoms with Gasteiger partial charge in [0.05, 0.1) is 17.8 Å². The maximum atomic E-state index is 6.09. The molecule has 1 aliphatic carbocycles. The van der Waals surface area contributed by atoms with E-state index >= 15 is 0 Å². The summed E-state index contributed by atoms with van der Waals surface area (Å²) in [7, 11) is 1.83. The molecule has 1 heterocycles. The van der Waals surface area contributed by atoms with Crippen LogP contribution in [0.2, 0.25) is 0 Å². The van der Waals surface area contributed by atoms with Crippen molar-refractivity contribution in [2.24, 2.45) is 0 Å². The third kappa shape index (κ3) is 11.3. The monoisotopic (exact) mass is 528 g/mol. The molecule has 1 aliphatic rings. The Labute approximate surface area is 223 Å². The summed E-state index contributed by atoms with van der Waals surface area (Å²) in [5.41, 5.74) is 2.19. The van der Waals surface area contributed by atoms with Crippen molar-refractivity contribution in [1.29, 1.82) is 0 Å². The van der Waals surface area contributed by atoms with Crippen LogP contribution in [0.1, 0.15) is 78.0 Å². The van der Waals surface area contributed by atoms with Crippen LogP contribution in [0.25, 0.3) is 0 Å². The van der Waals surface area contributed by atoms with Crippen molar-refractivity contribution in [3.8, 4) is 5.88 Å². The fraction of sp³-hybridized carbons (Fsp3) is 0.600. The molecule has 0 unspecified atom stereocenters. The Morgan fingerprint density at radius 2 is 1.61 bits per heavy atom. The van der Waals surface area contributed by atoms with E-state index in [1.807, 2.05) is 57.7 Å². The van der Waals surface area contributed by atoms with Crippen LogP contribution < -0.4 is 4.74 Å². The van der Waals surface area contributed by atoms with E-state index < -0.39 is 0 Å². The first-order chi connectivity index (χ1) is 13.7. The fourth-order valence-electron chi connectivity index (χ4n) is 3.51. The van der Waals surface area contributed by atoms with Gasteiger partial charge in [0.25, 0.3) is 0 Å². The minimum absolute atomic E-state index is 0. The largest absolute Gasteiger partial charge is 0.473 e. The van der Waals surface area contributed by atoms with Gasteiger partial charge in [-0.1, -0.05) is 84.2 Å². The quantitative estimate of drug-likeness (QED) is 0.337. The molecule has 0 bridgehead atoms. The summed E-state index contributed by atoms with van der Waals surface area (Å²) in [5.74, 6) is 0.852. The molecule has 2 aromatic rings. The van der Waals surface area contributed by atoms with Crippen molar-refractivity contribution in [2.75, 3.05) is 7.11 Å². The number of aromatic nitrogens is 2. The average Bonchev–Trinajstić information content (AvgIpc) is 3.38. The number of hydrogen-bond acceptors (Lipinski definition) is 3. The molecule has 0 amide bonds. The predicted octanol–water partition coefficient (Wildman–Crippen LogP) is 7.30. The molecule has 4 nitrogen and oxygen atoms in total. The van der Waals surface area contributed by atoms with Crippen molar-refractivity contribution in [2.45, 2.75) is 91.9 Å². The van der Waals surface area contributed by atoms with E-state index in [9.17, 15) is 0 Å². The third-order valence-electron chi connectivity index (χ3n) is 4.92. The van der Waals surface area contributed by atoms with E-state index in [2.05, 4.69) is 25.1 Å². The zero-order valence-corrected chi connectivity index (χ0v) is 24.5. The number of halogens is 1. The van der Waals surface area contributed by atoms with Crippen molar-refractivity contribution in [3.05, 3.63) is 55.1 Å². The van der Waals surface area contributed by atoms with Crippen molar-refractivity contribution in [1.82, 2.24) is 9.78 Å². The summed E-state index contributed by atoms with van der Waals surface area (Å²) in [6, 6.07) is 12.4. The summed E-state index contributed by atoms with van der Waals surface area (Å²) < 4.78 is 14.0. The van der Waals surface area contributed by atoms with E-state index in [4.69, 9.17) is 14.6 Å².